The van der Waals surface area contributed by atoms with Gasteiger partial charge in [-0.2, -0.15) is 0 Å². The Morgan fingerprint density at radius 2 is 1.63 bits per heavy atom. The van der Waals surface area contributed by atoms with E-state index in [1.54, 1.807) is 56.3 Å². The molecule has 2 aromatic carbocycles. The lowest BCUT2D eigenvalue weighted by molar-refractivity contribution is -0.151. The first-order valence-corrected chi connectivity index (χ1v) is 9.14. The third-order valence-corrected chi connectivity index (χ3v) is 4.95. The predicted octanol–water partition coefficient (Wildman–Crippen LogP) is 4.36. The molecule has 27 heavy (non-hydrogen) atoms. The fourth-order valence-electron chi connectivity index (χ4n) is 3.01. The van der Waals surface area contributed by atoms with Gasteiger partial charge in [0.25, 0.3) is 11.8 Å². The van der Waals surface area contributed by atoms with Crippen LogP contribution >= 0.6 is 23.2 Å². The minimum Gasteiger partial charge on any atom is -0.459 e. The number of esters is 1. The maximum Gasteiger partial charge on any atom is 0.329 e. The Kier molecular flexibility index (Phi) is 5.53. The van der Waals surface area contributed by atoms with Crippen LogP contribution < -0.4 is 0 Å². The normalized spacial score (nSPS) is 14.5. The van der Waals surface area contributed by atoms with Crippen LogP contribution in [0.2, 0.25) is 10.0 Å². The maximum absolute atomic E-state index is 12.7. The summed E-state index contributed by atoms with van der Waals surface area (Å²) < 4.78 is 5.37. The number of carbonyl (C=O) groups excluding carboxylic acids is 3. The molecule has 0 fully saturated rings. The Morgan fingerprint density at radius 1 is 1.04 bits per heavy atom. The quantitative estimate of drug-likeness (QED) is 0.547. The summed E-state index contributed by atoms with van der Waals surface area (Å²) in [6, 6.07) is 10.3. The van der Waals surface area contributed by atoms with Crippen LogP contribution in [0.4, 0.5) is 0 Å². The summed E-state index contributed by atoms with van der Waals surface area (Å²) in [7, 11) is 0. The first kappa shape index (κ1) is 19.4. The van der Waals surface area contributed by atoms with Gasteiger partial charge in [0.2, 0.25) is 0 Å². The molecule has 0 radical (unpaired) electrons. The molecular weight excluding hydrogens is 389 g/mol. The molecule has 0 saturated heterocycles. The second-order valence-electron chi connectivity index (χ2n) is 6.56. The molecule has 1 aliphatic rings. The molecule has 0 aromatic heterocycles. The van der Waals surface area contributed by atoms with E-state index in [0.717, 1.165) is 4.90 Å². The largest absolute Gasteiger partial charge is 0.459 e. The summed E-state index contributed by atoms with van der Waals surface area (Å²) in [4.78, 5) is 39.1. The minimum atomic E-state index is -1.02. The van der Waals surface area contributed by atoms with Crippen LogP contribution in [0.5, 0.6) is 0 Å². The molecule has 2 amide bonds. The molecular formula is C20H17Cl2NO4. The number of hydrogen-bond donors (Lipinski definition) is 0. The van der Waals surface area contributed by atoms with E-state index in [2.05, 4.69) is 0 Å². The molecule has 0 unspecified atom stereocenters. The Balaban J connectivity index is 1.81. The van der Waals surface area contributed by atoms with Crippen LogP contribution in [-0.2, 0) is 16.1 Å². The lowest BCUT2D eigenvalue weighted by Gasteiger charge is -2.27. The van der Waals surface area contributed by atoms with E-state index >= 15 is 0 Å². The van der Waals surface area contributed by atoms with E-state index in [-0.39, 0.29) is 12.5 Å². The number of rotatable bonds is 5. The molecule has 1 heterocycles. The third-order valence-electron chi connectivity index (χ3n) is 4.36. The van der Waals surface area contributed by atoms with Crippen LogP contribution in [0.15, 0.2) is 42.5 Å². The molecule has 0 N–H and O–H groups in total. The lowest BCUT2D eigenvalue weighted by Crippen LogP contribution is -2.48. The van der Waals surface area contributed by atoms with Gasteiger partial charge in [0, 0.05) is 15.6 Å². The molecule has 0 saturated carbocycles. The summed E-state index contributed by atoms with van der Waals surface area (Å²) in [5, 5.41) is 0.846. The number of benzene rings is 2. The Labute approximate surface area is 166 Å². The summed E-state index contributed by atoms with van der Waals surface area (Å²) >= 11 is 12.0. The highest BCUT2D eigenvalue weighted by Crippen LogP contribution is 2.28. The molecule has 1 aliphatic heterocycles. The first-order chi connectivity index (χ1) is 12.8. The van der Waals surface area contributed by atoms with Gasteiger partial charge in [0.1, 0.15) is 12.6 Å². The van der Waals surface area contributed by atoms with E-state index < -0.39 is 23.8 Å². The van der Waals surface area contributed by atoms with Gasteiger partial charge >= 0.3 is 5.97 Å². The Bertz CT molecular complexity index is 891. The molecule has 0 spiro atoms. The average molecular weight is 406 g/mol. The molecule has 2 aromatic rings. The Morgan fingerprint density at radius 3 is 2.15 bits per heavy atom. The highest BCUT2D eigenvalue weighted by molar-refractivity contribution is 6.35. The van der Waals surface area contributed by atoms with Crippen molar-refractivity contribution in [3.8, 4) is 0 Å². The number of fused-ring (bicyclic) bond motifs is 1. The minimum absolute atomic E-state index is 0.0821. The van der Waals surface area contributed by atoms with E-state index in [1.807, 2.05) is 0 Å². The van der Waals surface area contributed by atoms with Gasteiger partial charge in [0.05, 0.1) is 11.1 Å². The topological polar surface area (TPSA) is 63.7 Å². The fourth-order valence-corrected chi connectivity index (χ4v) is 3.47. The summed E-state index contributed by atoms with van der Waals surface area (Å²) in [6.45, 7) is 3.43. The molecule has 5 nitrogen and oxygen atoms in total. The monoisotopic (exact) mass is 405 g/mol. The van der Waals surface area contributed by atoms with Crippen LogP contribution in [0.3, 0.4) is 0 Å². The highest BCUT2D eigenvalue weighted by atomic mass is 35.5. The van der Waals surface area contributed by atoms with Crippen molar-refractivity contribution in [2.24, 2.45) is 5.92 Å². The first-order valence-electron chi connectivity index (χ1n) is 8.38. The zero-order valence-corrected chi connectivity index (χ0v) is 16.3. The zero-order chi connectivity index (χ0) is 19.7. The van der Waals surface area contributed by atoms with Gasteiger partial charge in [-0.1, -0.05) is 55.2 Å². The summed E-state index contributed by atoms with van der Waals surface area (Å²) in [5.74, 6) is -1.96. The molecule has 0 bridgehead atoms. The average Bonchev–Trinajstić information content (AvgIpc) is 2.86. The van der Waals surface area contributed by atoms with Crippen molar-refractivity contribution < 1.29 is 19.1 Å². The summed E-state index contributed by atoms with van der Waals surface area (Å²) in [5.41, 5.74) is 1.17. The van der Waals surface area contributed by atoms with Crippen molar-refractivity contribution in [1.82, 2.24) is 4.90 Å². The number of hydrogen-bond acceptors (Lipinski definition) is 4. The van der Waals surface area contributed by atoms with Gasteiger partial charge in [-0.15, -0.1) is 0 Å². The second-order valence-corrected chi connectivity index (χ2v) is 7.40. The van der Waals surface area contributed by atoms with E-state index in [1.165, 1.54) is 0 Å². The van der Waals surface area contributed by atoms with Crippen molar-refractivity contribution in [3.05, 3.63) is 69.2 Å². The number of ether oxygens (including phenoxy) is 1. The van der Waals surface area contributed by atoms with Crippen molar-refractivity contribution in [3.63, 3.8) is 0 Å². The SMILES string of the molecule is CC(C)[C@@H](C(=O)OCc1ccc(Cl)cc1Cl)N1C(=O)c2ccccc2C1=O. The standard InChI is InChI=1S/C20H17Cl2NO4/c1-11(2)17(20(26)27-10-12-7-8-13(21)9-16(12)22)23-18(24)14-5-3-4-6-15(14)19(23)25/h3-9,11,17H,10H2,1-2H3/t17-/m0/s1. The Hall–Kier alpha value is -2.37. The predicted molar refractivity (Wildman–Crippen MR) is 102 cm³/mol. The van der Waals surface area contributed by atoms with Crippen LogP contribution in [0.25, 0.3) is 0 Å². The van der Waals surface area contributed by atoms with Crippen molar-refractivity contribution in [2.45, 2.75) is 26.5 Å². The number of amides is 2. The summed E-state index contributed by atoms with van der Waals surface area (Å²) in [6.07, 6.45) is 0. The van der Waals surface area contributed by atoms with Gasteiger partial charge in [0.15, 0.2) is 0 Å². The maximum atomic E-state index is 12.7. The number of carbonyl (C=O) groups is 3. The lowest BCUT2D eigenvalue weighted by atomic mass is 10.0. The van der Waals surface area contributed by atoms with E-state index in [0.29, 0.717) is 26.7 Å². The molecule has 7 heteroatoms. The fraction of sp³-hybridized carbons (Fsp3) is 0.250. The van der Waals surface area contributed by atoms with Crippen molar-refractivity contribution in [2.75, 3.05) is 0 Å². The second kappa shape index (κ2) is 7.71. The molecule has 3 rings (SSSR count). The van der Waals surface area contributed by atoms with Crippen LogP contribution in [0.1, 0.15) is 40.1 Å². The zero-order valence-electron chi connectivity index (χ0n) is 14.7. The molecule has 0 aliphatic carbocycles. The smallest absolute Gasteiger partial charge is 0.329 e. The van der Waals surface area contributed by atoms with Gasteiger partial charge in [-0.25, -0.2) is 4.79 Å². The van der Waals surface area contributed by atoms with Crippen LogP contribution in [-0.4, -0.2) is 28.7 Å². The number of imide groups is 1. The highest BCUT2D eigenvalue weighted by Gasteiger charge is 2.44. The van der Waals surface area contributed by atoms with Crippen molar-refractivity contribution >= 4 is 41.0 Å². The number of nitrogens with zero attached hydrogens (tertiary/aromatic N) is 1. The number of halogens is 2. The van der Waals surface area contributed by atoms with Crippen molar-refractivity contribution in [1.29, 1.82) is 0 Å². The third kappa shape index (κ3) is 3.70. The van der Waals surface area contributed by atoms with Gasteiger partial charge in [-0.05, 0) is 30.2 Å². The van der Waals surface area contributed by atoms with E-state index in [9.17, 15) is 14.4 Å². The van der Waals surface area contributed by atoms with E-state index in [4.69, 9.17) is 27.9 Å². The van der Waals surface area contributed by atoms with Gasteiger partial charge < -0.3 is 4.74 Å². The van der Waals surface area contributed by atoms with Crippen LogP contribution in [0, 0.1) is 5.92 Å². The molecule has 140 valence electrons. The molecule has 1 atom stereocenters. The van der Waals surface area contributed by atoms with Gasteiger partial charge in [-0.3, -0.25) is 14.5 Å².